The van der Waals surface area contributed by atoms with Crippen LogP contribution < -0.4 is 0 Å². The maximum absolute atomic E-state index is 13.8. The number of halogens is 1. The molecular weight excluding hydrogens is 259 g/mol. The van der Waals surface area contributed by atoms with E-state index in [4.69, 9.17) is 0 Å². The summed E-state index contributed by atoms with van der Waals surface area (Å²) in [5, 5.41) is 0. The van der Waals surface area contributed by atoms with Gasteiger partial charge in [-0.3, -0.25) is 4.79 Å². The van der Waals surface area contributed by atoms with Crippen LogP contribution in [0.3, 0.4) is 0 Å². The first-order valence-electron chi connectivity index (χ1n) is 6.19. The lowest BCUT2D eigenvalue weighted by molar-refractivity contribution is 0.0964. The number of hydrogen-bond acceptors (Lipinski definition) is 2. The van der Waals surface area contributed by atoms with Crippen LogP contribution in [0.5, 0.6) is 0 Å². The summed E-state index contributed by atoms with van der Waals surface area (Å²) in [6.45, 7) is 1.87. The summed E-state index contributed by atoms with van der Waals surface area (Å²) in [6.07, 6.45) is 0. The molecule has 2 aromatic carbocycles. The van der Waals surface area contributed by atoms with Crippen molar-refractivity contribution in [3.05, 3.63) is 65.0 Å². The van der Waals surface area contributed by atoms with E-state index in [0.29, 0.717) is 5.75 Å². The third-order valence-electron chi connectivity index (χ3n) is 3.40. The number of carbonyl (C=O) groups excluding carboxylic acids is 1. The summed E-state index contributed by atoms with van der Waals surface area (Å²) in [5.41, 5.74) is 2.14. The van der Waals surface area contributed by atoms with Crippen molar-refractivity contribution in [2.24, 2.45) is 0 Å². The summed E-state index contributed by atoms with van der Waals surface area (Å²) in [5.74, 6) is -0.0629. The van der Waals surface area contributed by atoms with Crippen LogP contribution in [0.15, 0.2) is 47.4 Å². The molecule has 0 saturated carbocycles. The number of rotatable bonds is 2. The van der Waals surface area contributed by atoms with Gasteiger partial charge >= 0.3 is 0 Å². The first-order valence-corrected chi connectivity index (χ1v) is 7.17. The number of Topliss-reactive ketones (excluding diaryl/α,β-unsaturated/α-hetero) is 1. The summed E-state index contributed by atoms with van der Waals surface area (Å²) in [4.78, 5) is 13.7. The fourth-order valence-electron chi connectivity index (χ4n) is 2.40. The summed E-state index contributed by atoms with van der Waals surface area (Å²) in [7, 11) is 0. The lowest BCUT2D eigenvalue weighted by Gasteiger charge is -2.11. The molecule has 0 aromatic heterocycles. The van der Waals surface area contributed by atoms with Gasteiger partial charge in [-0.1, -0.05) is 29.8 Å². The van der Waals surface area contributed by atoms with E-state index in [1.807, 2.05) is 31.2 Å². The molecule has 96 valence electrons. The Morgan fingerprint density at radius 1 is 1.26 bits per heavy atom. The van der Waals surface area contributed by atoms with Gasteiger partial charge < -0.3 is 0 Å². The Morgan fingerprint density at radius 3 is 2.89 bits per heavy atom. The van der Waals surface area contributed by atoms with Crippen LogP contribution in [0.1, 0.15) is 27.4 Å². The number of aryl methyl sites for hydroxylation is 1. The highest BCUT2D eigenvalue weighted by Crippen LogP contribution is 2.41. The van der Waals surface area contributed by atoms with Gasteiger partial charge in [0.25, 0.3) is 0 Å². The van der Waals surface area contributed by atoms with Gasteiger partial charge in [0.2, 0.25) is 0 Å². The van der Waals surface area contributed by atoms with Gasteiger partial charge in [-0.05, 0) is 30.7 Å². The summed E-state index contributed by atoms with van der Waals surface area (Å²) >= 11 is 1.67. The first-order chi connectivity index (χ1) is 9.16. The molecule has 0 bridgehead atoms. The van der Waals surface area contributed by atoms with E-state index in [2.05, 4.69) is 0 Å². The third kappa shape index (κ3) is 2.19. The van der Waals surface area contributed by atoms with E-state index in [-0.39, 0.29) is 17.3 Å². The van der Waals surface area contributed by atoms with Gasteiger partial charge in [0.15, 0.2) is 5.78 Å². The predicted molar refractivity (Wildman–Crippen MR) is 75.4 cm³/mol. The molecule has 0 N–H and O–H groups in total. The van der Waals surface area contributed by atoms with Gasteiger partial charge in [-0.2, -0.15) is 0 Å². The smallest absolute Gasteiger partial charge is 0.174 e. The second-order valence-corrected chi connectivity index (χ2v) is 5.81. The summed E-state index contributed by atoms with van der Waals surface area (Å²) < 4.78 is 13.8. The number of ketones is 1. The zero-order valence-corrected chi connectivity index (χ0v) is 11.3. The van der Waals surface area contributed by atoms with Crippen LogP contribution in [0.2, 0.25) is 0 Å². The van der Waals surface area contributed by atoms with Gasteiger partial charge in [-0.15, -0.1) is 11.8 Å². The first kappa shape index (κ1) is 12.4. The topological polar surface area (TPSA) is 17.1 Å². The Kier molecular flexibility index (Phi) is 3.15. The van der Waals surface area contributed by atoms with Gasteiger partial charge in [0.05, 0.1) is 11.5 Å². The monoisotopic (exact) mass is 272 g/mol. The molecule has 19 heavy (non-hydrogen) atoms. The molecule has 1 nitrogen and oxygen atoms in total. The van der Waals surface area contributed by atoms with E-state index in [1.54, 1.807) is 23.9 Å². The van der Waals surface area contributed by atoms with Crippen LogP contribution in [-0.4, -0.2) is 11.5 Å². The minimum absolute atomic E-state index is 0.112. The molecule has 0 radical (unpaired) electrons. The molecule has 0 saturated heterocycles. The summed E-state index contributed by atoms with van der Waals surface area (Å²) in [6, 6.07) is 12.6. The van der Waals surface area contributed by atoms with Crippen LogP contribution in [0.25, 0.3) is 0 Å². The molecule has 1 atom stereocenters. The average Bonchev–Trinajstić information content (AvgIpc) is 2.84. The Bertz CT molecular complexity index is 651. The zero-order valence-electron chi connectivity index (χ0n) is 10.5. The minimum atomic E-state index is -0.426. The van der Waals surface area contributed by atoms with Crippen LogP contribution >= 0.6 is 11.8 Å². The molecule has 1 heterocycles. The van der Waals surface area contributed by atoms with Crippen molar-refractivity contribution < 1.29 is 9.18 Å². The predicted octanol–water partition coefficient (Wildman–Crippen LogP) is 4.21. The molecule has 0 amide bonds. The van der Waals surface area contributed by atoms with E-state index in [9.17, 15) is 9.18 Å². The number of hydrogen-bond donors (Lipinski definition) is 0. The van der Waals surface area contributed by atoms with Crippen molar-refractivity contribution >= 4 is 17.5 Å². The molecule has 1 aliphatic heterocycles. The molecular formula is C16H13FOS. The minimum Gasteiger partial charge on any atom is -0.293 e. The highest BCUT2D eigenvalue weighted by Gasteiger charge is 2.30. The molecule has 0 spiro atoms. The number of carbonyl (C=O) groups is 1. The lowest BCUT2D eigenvalue weighted by Crippen LogP contribution is -2.14. The Morgan fingerprint density at radius 2 is 2.05 bits per heavy atom. The molecule has 1 unspecified atom stereocenters. The average molecular weight is 272 g/mol. The molecule has 2 aromatic rings. The zero-order chi connectivity index (χ0) is 13.4. The van der Waals surface area contributed by atoms with Crippen molar-refractivity contribution in [3.8, 4) is 0 Å². The number of benzene rings is 2. The van der Waals surface area contributed by atoms with Crippen LogP contribution in [-0.2, 0) is 0 Å². The van der Waals surface area contributed by atoms with Crippen molar-refractivity contribution in [2.45, 2.75) is 17.7 Å². The SMILES string of the molecule is Cc1ccc(F)c(C(=O)C2CSc3ccccc32)c1. The van der Waals surface area contributed by atoms with Gasteiger partial charge in [0.1, 0.15) is 5.82 Å². The van der Waals surface area contributed by atoms with Gasteiger partial charge in [0, 0.05) is 10.6 Å². The highest BCUT2D eigenvalue weighted by molar-refractivity contribution is 7.99. The molecule has 0 aliphatic carbocycles. The normalized spacial score (nSPS) is 17.3. The number of fused-ring (bicyclic) bond motifs is 1. The van der Waals surface area contributed by atoms with Crippen molar-refractivity contribution in [1.29, 1.82) is 0 Å². The van der Waals surface area contributed by atoms with E-state index in [1.165, 1.54) is 6.07 Å². The van der Waals surface area contributed by atoms with Crippen molar-refractivity contribution in [2.75, 3.05) is 5.75 Å². The number of thioether (sulfide) groups is 1. The van der Waals surface area contributed by atoms with E-state index >= 15 is 0 Å². The third-order valence-corrected chi connectivity index (χ3v) is 4.59. The molecule has 1 aliphatic rings. The fraction of sp³-hybridized carbons (Fsp3) is 0.188. The maximum atomic E-state index is 13.8. The highest BCUT2D eigenvalue weighted by atomic mass is 32.2. The largest absolute Gasteiger partial charge is 0.293 e. The second kappa shape index (κ2) is 4.82. The van der Waals surface area contributed by atoms with Crippen molar-refractivity contribution in [1.82, 2.24) is 0 Å². The van der Waals surface area contributed by atoms with Crippen LogP contribution in [0.4, 0.5) is 4.39 Å². The molecule has 0 fully saturated rings. The molecule has 3 rings (SSSR count). The molecule has 3 heteroatoms. The van der Waals surface area contributed by atoms with Crippen molar-refractivity contribution in [3.63, 3.8) is 0 Å². The Hall–Kier alpha value is -1.61. The maximum Gasteiger partial charge on any atom is 0.174 e. The lowest BCUT2D eigenvalue weighted by atomic mass is 9.91. The quantitative estimate of drug-likeness (QED) is 0.762. The Labute approximate surface area is 115 Å². The second-order valence-electron chi connectivity index (χ2n) is 4.75. The van der Waals surface area contributed by atoms with Crippen LogP contribution in [0, 0.1) is 12.7 Å². The Balaban J connectivity index is 2.00. The van der Waals surface area contributed by atoms with E-state index in [0.717, 1.165) is 16.0 Å². The van der Waals surface area contributed by atoms with Gasteiger partial charge in [-0.25, -0.2) is 4.39 Å². The fourth-order valence-corrected chi connectivity index (χ4v) is 3.62. The van der Waals surface area contributed by atoms with E-state index < -0.39 is 5.82 Å². The standard InChI is InChI=1S/C16H13FOS/c1-10-6-7-14(17)12(8-10)16(18)13-9-19-15-5-3-2-4-11(13)15/h2-8,13H,9H2,1H3.